The monoisotopic (exact) mass is 296 g/mol. The largest absolute Gasteiger partial charge is 0.261 e. The zero-order valence-corrected chi connectivity index (χ0v) is 12.1. The molecule has 0 aliphatic rings. The quantitative estimate of drug-likeness (QED) is 0.800. The molecule has 17 heavy (non-hydrogen) atoms. The van der Waals surface area contributed by atoms with Gasteiger partial charge in [-0.15, -0.1) is 0 Å². The van der Waals surface area contributed by atoms with E-state index in [1.807, 2.05) is 0 Å². The first-order chi connectivity index (χ1) is 7.59. The van der Waals surface area contributed by atoms with Crippen LogP contribution in [0, 0.1) is 13.8 Å². The summed E-state index contributed by atoms with van der Waals surface area (Å²) < 4.78 is 46.1. The molecule has 1 aromatic rings. The molecule has 0 aliphatic heterocycles. The highest BCUT2D eigenvalue weighted by Gasteiger charge is 2.20. The van der Waals surface area contributed by atoms with E-state index in [1.54, 1.807) is 13.8 Å². The van der Waals surface area contributed by atoms with Gasteiger partial charge in [-0.3, -0.25) is 0 Å². The van der Waals surface area contributed by atoms with Gasteiger partial charge in [0.15, 0.2) is 9.84 Å². The van der Waals surface area contributed by atoms with Crippen molar-refractivity contribution in [2.75, 3.05) is 5.75 Å². The van der Waals surface area contributed by atoms with Crippen molar-refractivity contribution in [2.45, 2.75) is 30.6 Å². The fourth-order valence-electron chi connectivity index (χ4n) is 1.39. The summed E-state index contributed by atoms with van der Waals surface area (Å²) in [7, 11) is -2.10. The van der Waals surface area contributed by atoms with Crippen molar-refractivity contribution in [3.63, 3.8) is 0 Å². The summed E-state index contributed by atoms with van der Waals surface area (Å²) in [6.07, 6.45) is 0. The number of halogens is 1. The molecule has 0 aliphatic carbocycles. The van der Waals surface area contributed by atoms with Crippen molar-refractivity contribution in [3.8, 4) is 0 Å². The zero-order valence-electron chi connectivity index (χ0n) is 9.69. The van der Waals surface area contributed by atoms with Crippen LogP contribution in [-0.4, -0.2) is 22.6 Å². The van der Waals surface area contributed by atoms with E-state index in [-0.39, 0.29) is 15.5 Å². The number of hydrogen-bond donors (Lipinski definition) is 0. The molecule has 0 atom stereocenters. The molecule has 7 heteroatoms. The highest BCUT2D eigenvalue weighted by atomic mass is 35.7. The van der Waals surface area contributed by atoms with Gasteiger partial charge in [0, 0.05) is 10.7 Å². The Kier molecular flexibility index (Phi) is 3.91. The Morgan fingerprint density at radius 3 is 2.06 bits per heavy atom. The lowest BCUT2D eigenvalue weighted by atomic mass is 10.1. The van der Waals surface area contributed by atoms with Crippen LogP contribution >= 0.6 is 10.7 Å². The molecular formula is C10H13ClO4S2. The van der Waals surface area contributed by atoms with E-state index in [2.05, 4.69) is 0 Å². The summed E-state index contributed by atoms with van der Waals surface area (Å²) in [4.78, 5) is -0.159. The number of sulfone groups is 1. The molecule has 0 spiro atoms. The van der Waals surface area contributed by atoms with E-state index in [9.17, 15) is 16.8 Å². The zero-order chi connectivity index (χ0) is 13.4. The Morgan fingerprint density at radius 2 is 1.65 bits per heavy atom. The first-order valence-corrected chi connectivity index (χ1v) is 8.84. The predicted octanol–water partition coefficient (Wildman–Crippen LogP) is 2.02. The molecular weight excluding hydrogens is 284 g/mol. The van der Waals surface area contributed by atoms with Crippen LogP contribution in [0.15, 0.2) is 21.9 Å². The lowest BCUT2D eigenvalue weighted by Crippen LogP contribution is -2.07. The molecule has 1 rings (SSSR count). The Balaban J connectivity index is 3.68. The second kappa shape index (κ2) is 4.59. The van der Waals surface area contributed by atoms with Crippen molar-refractivity contribution in [3.05, 3.63) is 23.3 Å². The summed E-state index contributed by atoms with van der Waals surface area (Å²) in [6.45, 7) is 4.74. The number of rotatable bonds is 3. The Morgan fingerprint density at radius 1 is 1.12 bits per heavy atom. The highest BCUT2D eigenvalue weighted by molar-refractivity contribution is 8.13. The van der Waals surface area contributed by atoms with Gasteiger partial charge in [-0.05, 0) is 37.1 Å². The van der Waals surface area contributed by atoms with Crippen LogP contribution in [0.5, 0.6) is 0 Å². The Hall–Kier alpha value is -0.590. The molecule has 0 fully saturated rings. The van der Waals surface area contributed by atoms with Crippen molar-refractivity contribution >= 4 is 29.6 Å². The fraction of sp³-hybridized carbons (Fsp3) is 0.400. The molecule has 0 N–H and O–H groups in total. The Labute approximate surface area is 106 Å². The van der Waals surface area contributed by atoms with Gasteiger partial charge in [0.05, 0.1) is 15.5 Å². The second-order valence-corrected chi connectivity index (χ2v) is 8.52. The molecule has 0 amide bonds. The van der Waals surface area contributed by atoms with Crippen LogP contribution in [0.3, 0.4) is 0 Å². The molecule has 0 aromatic heterocycles. The average Bonchev–Trinajstić information content (AvgIpc) is 2.19. The maximum absolute atomic E-state index is 11.7. The summed E-state index contributed by atoms with van der Waals surface area (Å²) >= 11 is 0. The van der Waals surface area contributed by atoms with Gasteiger partial charge in [0.1, 0.15) is 0 Å². The highest BCUT2D eigenvalue weighted by Crippen LogP contribution is 2.26. The van der Waals surface area contributed by atoms with Gasteiger partial charge >= 0.3 is 0 Å². The van der Waals surface area contributed by atoms with Crippen molar-refractivity contribution in [1.82, 2.24) is 0 Å². The third-order valence-electron chi connectivity index (χ3n) is 2.60. The van der Waals surface area contributed by atoms with Gasteiger partial charge in [-0.25, -0.2) is 16.8 Å². The first-order valence-electron chi connectivity index (χ1n) is 4.88. The van der Waals surface area contributed by atoms with Gasteiger partial charge in [0.25, 0.3) is 9.05 Å². The van der Waals surface area contributed by atoms with Gasteiger partial charge in [-0.2, -0.15) is 0 Å². The number of benzene rings is 1. The summed E-state index contributed by atoms with van der Waals surface area (Å²) in [5.74, 6) is -0.0860. The average molecular weight is 297 g/mol. The molecule has 1 aromatic carbocycles. The topological polar surface area (TPSA) is 68.3 Å². The van der Waals surface area contributed by atoms with E-state index in [0.29, 0.717) is 11.1 Å². The van der Waals surface area contributed by atoms with E-state index < -0.39 is 18.9 Å². The van der Waals surface area contributed by atoms with E-state index in [4.69, 9.17) is 10.7 Å². The minimum atomic E-state index is -3.94. The molecule has 4 nitrogen and oxygen atoms in total. The van der Waals surface area contributed by atoms with Crippen LogP contribution in [0.1, 0.15) is 18.1 Å². The lowest BCUT2D eigenvalue weighted by Gasteiger charge is -2.09. The summed E-state index contributed by atoms with van der Waals surface area (Å²) in [5.41, 5.74) is 1.05. The van der Waals surface area contributed by atoms with Crippen LogP contribution in [0.2, 0.25) is 0 Å². The molecule has 0 saturated heterocycles. The smallest absolute Gasteiger partial charge is 0.224 e. The third kappa shape index (κ3) is 3.00. The van der Waals surface area contributed by atoms with Crippen LogP contribution in [-0.2, 0) is 18.9 Å². The van der Waals surface area contributed by atoms with Crippen LogP contribution < -0.4 is 0 Å². The molecule has 0 heterocycles. The van der Waals surface area contributed by atoms with Crippen LogP contribution in [0.25, 0.3) is 0 Å². The normalized spacial score (nSPS) is 12.7. The summed E-state index contributed by atoms with van der Waals surface area (Å²) in [6, 6.07) is 2.57. The molecule has 0 saturated carbocycles. The number of aryl methyl sites for hydroxylation is 1. The van der Waals surface area contributed by atoms with Crippen molar-refractivity contribution < 1.29 is 16.8 Å². The molecule has 96 valence electrons. The minimum Gasteiger partial charge on any atom is -0.224 e. The van der Waals surface area contributed by atoms with Gasteiger partial charge in [0.2, 0.25) is 0 Å². The fourth-order valence-corrected chi connectivity index (χ4v) is 3.73. The third-order valence-corrected chi connectivity index (χ3v) is 5.76. The SMILES string of the molecule is CCS(=O)(=O)c1cc(C)c(C)c(S(=O)(=O)Cl)c1. The van der Waals surface area contributed by atoms with Crippen molar-refractivity contribution in [1.29, 1.82) is 0 Å². The van der Waals surface area contributed by atoms with Crippen LogP contribution in [0.4, 0.5) is 0 Å². The molecule has 0 unspecified atom stereocenters. The standard InChI is InChI=1S/C10H13ClO4S2/c1-4-16(12,13)9-5-7(2)8(3)10(6-9)17(11,14)15/h5-6H,4H2,1-3H3. The maximum atomic E-state index is 11.7. The maximum Gasteiger partial charge on any atom is 0.261 e. The molecule has 0 radical (unpaired) electrons. The molecule has 0 bridgehead atoms. The van der Waals surface area contributed by atoms with Gasteiger partial charge in [-0.1, -0.05) is 6.92 Å². The lowest BCUT2D eigenvalue weighted by molar-refractivity contribution is 0.596. The van der Waals surface area contributed by atoms with E-state index in [0.717, 1.165) is 6.07 Å². The number of hydrogen-bond acceptors (Lipinski definition) is 4. The van der Waals surface area contributed by atoms with Gasteiger partial charge < -0.3 is 0 Å². The predicted molar refractivity (Wildman–Crippen MR) is 66.7 cm³/mol. The van der Waals surface area contributed by atoms with E-state index >= 15 is 0 Å². The minimum absolute atomic E-state index is 0.0117. The first kappa shape index (κ1) is 14.5. The second-order valence-electron chi connectivity index (χ2n) is 3.70. The van der Waals surface area contributed by atoms with Crippen molar-refractivity contribution in [2.24, 2.45) is 0 Å². The Bertz CT molecular complexity index is 645. The van der Waals surface area contributed by atoms with E-state index in [1.165, 1.54) is 13.0 Å². The summed E-state index contributed by atoms with van der Waals surface area (Å²) in [5, 5.41) is 0.